The predicted molar refractivity (Wildman–Crippen MR) is 148 cm³/mol. The first kappa shape index (κ1) is 25.2. The van der Waals surface area contributed by atoms with E-state index < -0.39 is 0 Å². The maximum Gasteiger partial charge on any atom is 0.224 e. The number of pyridine rings is 1. The number of likely N-dealkylation sites (tertiary alicyclic amines) is 1. The third-order valence-corrected chi connectivity index (χ3v) is 8.30. The maximum absolute atomic E-state index is 12.8. The number of anilines is 1. The molecule has 3 atom stereocenters. The fraction of sp³-hybridized carbons (Fsp3) is 0.370. The summed E-state index contributed by atoms with van der Waals surface area (Å²) in [6.07, 6.45) is 6.99. The zero-order valence-corrected chi connectivity index (χ0v) is 22.8. The first-order valence-electron chi connectivity index (χ1n) is 12.9. The molecule has 198 valence electrons. The number of benzene rings is 1. The van der Waals surface area contributed by atoms with E-state index >= 15 is 0 Å². The molecule has 6 rings (SSSR count). The van der Waals surface area contributed by atoms with Crippen LogP contribution in [0.15, 0.2) is 41.3 Å². The molecular formula is C27H26BrN9O2. The van der Waals surface area contributed by atoms with Gasteiger partial charge in [-0.05, 0) is 59.8 Å². The lowest BCUT2D eigenvalue weighted by Gasteiger charge is -2.21. The van der Waals surface area contributed by atoms with Gasteiger partial charge in [-0.15, -0.1) is 0 Å². The third kappa shape index (κ3) is 4.78. The number of carbonyl (C=O) groups is 2. The second-order valence-electron chi connectivity index (χ2n) is 10.1. The highest BCUT2D eigenvalue weighted by atomic mass is 79.9. The van der Waals surface area contributed by atoms with Gasteiger partial charge in [-0.25, -0.2) is 9.67 Å². The minimum absolute atomic E-state index is 0.0320. The minimum Gasteiger partial charge on any atom is -0.354 e. The van der Waals surface area contributed by atoms with Gasteiger partial charge >= 0.3 is 0 Å². The summed E-state index contributed by atoms with van der Waals surface area (Å²) in [6, 6.07) is 9.78. The van der Waals surface area contributed by atoms with Crippen LogP contribution in [0.4, 0.5) is 5.95 Å². The molecule has 1 aliphatic carbocycles. The Bertz CT molecular complexity index is 1650. The van der Waals surface area contributed by atoms with Crippen molar-refractivity contribution in [2.24, 2.45) is 5.92 Å². The summed E-state index contributed by atoms with van der Waals surface area (Å²) in [5.41, 5.74) is 2.38. The highest BCUT2D eigenvalue weighted by molar-refractivity contribution is 9.10. The van der Waals surface area contributed by atoms with Gasteiger partial charge in [0.25, 0.3) is 0 Å². The standard InChI is InChI=1S/C27H26BrN9O2/c1-36-19(6-7-22(36)38)13-31-26(39)16-4-5-18(9-16)33-27-32-14-21-24(28)35-37(25(21)34-27)20-10-15-3-2-8-30-23(15)17(11-20)12-29/h2-3,8,10-11,14,16,18-19H,4-7,9,13H2,1H3,(H,31,39)(H,32,33,34)/t16-,18-,19?/m1/s1. The largest absolute Gasteiger partial charge is 0.354 e. The van der Waals surface area contributed by atoms with Crippen molar-refractivity contribution in [3.63, 3.8) is 0 Å². The van der Waals surface area contributed by atoms with Gasteiger partial charge in [-0.3, -0.25) is 14.6 Å². The third-order valence-electron chi connectivity index (χ3n) is 7.72. The summed E-state index contributed by atoms with van der Waals surface area (Å²) >= 11 is 3.51. The molecule has 4 heterocycles. The highest BCUT2D eigenvalue weighted by Crippen LogP contribution is 2.30. The highest BCUT2D eigenvalue weighted by Gasteiger charge is 2.32. The summed E-state index contributed by atoms with van der Waals surface area (Å²) < 4.78 is 2.29. The molecule has 0 bridgehead atoms. The van der Waals surface area contributed by atoms with Gasteiger partial charge in [0.1, 0.15) is 10.7 Å². The lowest BCUT2D eigenvalue weighted by molar-refractivity contribution is -0.129. The Morgan fingerprint density at radius 1 is 1.26 bits per heavy atom. The van der Waals surface area contributed by atoms with Crippen LogP contribution in [0.5, 0.6) is 0 Å². The van der Waals surface area contributed by atoms with Gasteiger partial charge < -0.3 is 15.5 Å². The fourth-order valence-electron chi connectivity index (χ4n) is 5.50. The van der Waals surface area contributed by atoms with Crippen molar-refractivity contribution in [2.45, 2.75) is 44.2 Å². The Morgan fingerprint density at radius 3 is 2.92 bits per heavy atom. The van der Waals surface area contributed by atoms with Crippen molar-refractivity contribution in [2.75, 3.05) is 18.9 Å². The molecule has 4 aromatic rings. The van der Waals surface area contributed by atoms with E-state index in [0.717, 1.165) is 30.0 Å². The summed E-state index contributed by atoms with van der Waals surface area (Å²) in [4.78, 5) is 39.8. The smallest absolute Gasteiger partial charge is 0.224 e. The van der Waals surface area contributed by atoms with E-state index in [1.165, 1.54) is 0 Å². The number of hydrogen-bond acceptors (Lipinski definition) is 8. The Hall–Kier alpha value is -4.11. The van der Waals surface area contributed by atoms with E-state index in [-0.39, 0.29) is 29.8 Å². The average Bonchev–Trinajstić information content (AvgIpc) is 3.64. The van der Waals surface area contributed by atoms with Crippen LogP contribution in [-0.2, 0) is 9.59 Å². The van der Waals surface area contributed by atoms with Crippen LogP contribution in [0, 0.1) is 17.2 Å². The molecule has 0 radical (unpaired) electrons. The SMILES string of the molecule is CN1C(=O)CCC1CNC(=O)[C@@H]1CC[C@@H](Nc2ncc3c(Br)nn(-c4cc(C#N)c5ncccc5c4)c3n2)C1. The van der Waals surface area contributed by atoms with Crippen LogP contribution in [0.3, 0.4) is 0 Å². The normalized spacial score (nSPS) is 21.0. The monoisotopic (exact) mass is 587 g/mol. The Kier molecular flexibility index (Phi) is 6.60. The van der Waals surface area contributed by atoms with Crippen molar-refractivity contribution < 1.29 is 9.59 Å². The Balaban J connectivity index is 1.18. The maximum atomic E-state index is 12.8. The van der Waals surface area contributed by atoms with Crippen LogP contribution in [0.25, 0.3) is 27.6 Å². The summed E-state index contributed by atoms with van der Waals surface area (Å²) in [6.45, 7) is 0.493. The summed E-state index contributed by atoms with van der Waals surface area (Å²) in [5.74, 6) is 0.526. The molecule has 39 heavy (non-hydrogen) atoms. The molecule has 2 fully saturated rings. The molecule has 2 amide bonds. The number of fused-ring (bicyclic) bond motifs is 2. The number of halogens is 1. The number of rotatable bonds is 6. The van der Waals surface area contributed by atoms with Crippen molar-refractivity contribution in [3.8, 4) is 11.8 Å². The number of hydrogen-bond donors (Lipinski definition) is 2. The first-order valence-corrected chi connectivity index (χ1v) is 13.7. The van der Waals surface area contributed by atoms with Crippen LogP contribution < -0.4 is 10.6 Å². The van der Waals surface area contributed by atoms with E-state index in [9.17, 15) is 14.9 Å². The zero-order chi connectivity index (χ0) is 27.1. The first-order chi connectivity index (χ1) is 18.9. The fourth-order valence-corrected chi connectivity index (χ4v) is 5.94. The molecule has 0 spiro atoms. The second-order valence-corrected chi connectivity index (χ2v) is 10.9. The molecule has 2 aliphatic rings. The van der Waals surface area contributed by atoms with Crippen LogP contribution in [0.2, 0.25) is 0 Å². The van der Waals surface area contributed by atoms with Gasteiger partial charge in [0.05, 0.1) is 22.2 Å². The zero-order valence-electron chi connectivity index (χ0n) is 21.3. The van der Waals surface area contributed by atoms with Gasteiger partial charge in [-0.2, -0.15) is 15.3 Å². The summed E-state index contributed by atoms with van der Waals surface area (Å²) in [5, 5.41) is 22.3. The molecule has 11 nitrogen and oxygen atoms in total. The topological polar surface area (TPSA) is 142 Å². The molecule has 1 saturated heterocycles. The molecule has 1 aromatic carbocycles. The number of nitriles is 1. The van der Waals surface area contributed by atoms with Gasteiger partial charge in [0, 0.05) is 55.8 Å². The van der Waals surface area contributed by atoms with E-state index in [2.05, 4.69) is 47.7 Å². The predicted octanol–water partition coefficient (Wildman–Crippen LogP) is 3.32. The molecule has 12 heteroatoms. The molecule has 1 aliphatic heterocycles. The Morgan fingerprint density at radius 2 is 2.13 bits per heavy atom. The number of aromatic nitrogens is 5. The second kappa shape index (κ2) is 10.2. The van der Waals surface area contributed by atoms with E-state index in [1.807, 2.05) is 18.2 Å². The lowest BCUT2D eigenvalue weighted by atomic mass is 10.1. The number of nitrogens with one attached hydrogen (secondary N) is 2. The lowest BCUT2D eigenvalue weighted by Crippen LogP contribution is -2.41. The van der Waals surface area contributed by atoms with E-state index in [1.54, 1.807) is 35.1 Å². The molecule has 1 unspecified atom stereocenters. The van der Waals surface area contributed by atoms with Crippen LogP contribution >= 0.6 is 15.9 Å². The number of carbonyl (C=O) groups excluding carboxylic acids is 2. The number of likely N-dealkylation sites (N-methyl/N-ethyl adjacent to an activating group) is 1. The molecule has 3 aromatic heterocycles. The number of amides is 2. The van der Waals surface area contributed by atoms with Crippen molar-refractivity contribution >= 4 is 55.6 Å². The van der Waals surface area contributed by atoms with Crippen LogP contribution in [0.1, 0.15) is 37.7 Å². The summed E-state index contributed by atoms with van der Waals surface area (Å²) in [7, 11) is 1.79. The minimum atomic E-state index is -0.0936. The molecule has 2 N–H and O–H groups in total. The van der Waals surface area contributed by atoms with Crippen molar-refractivity contribution in [3.05, 3.63) is 46.8 Å². The van der Waals surface area contributed by atoms with Gasteiger partial charge in [0.2, 0.25) is 17.8 Å². The van der Waals surface area contributed by atoms with Gasteiger partial charge in [0.15, 0.2) is 5.65 Å². The quantitative estimate of drug-likeness (QED) is 0.350. The van der Waals surface area contributed by atoms with Gasteiger partial charge in [-0.1, -0.05) is 6.07 Å². The van der Waals surface area contributed by atoms with E-state index in [4.69, 9.17) is 4.98 Å². The van der Waals surface area contributed by atoms with E-state index in [0.29, 0.717) is 52.4 Å². The number of nitrogens with zero attached hydrogens (tertiary/aromatic N) is 7. The Labute approximate surface area is 232 Å². The molecular weight excluding hydrogens is 562 g/mol. The van der Waals surface area contributed by atoms with Crippen LogP contribution in [-0.4, -0.2) is 67.1 Å². The average molecular weight is 588 g/mol. The molecule has 1 saturated carbocycles. The van der Waals surface area contributed by atoms with Crippen molar-refractivity contribution in [1.82, 2.24) is 34.9 Å². The van der Waals surface area contributed by atoms with Crippen molar-refractivity contribution in [1.29, 1.82) is 5.26 Å².